The molecular formula is C31H53F2N5O3. The summed E-state index contributed by atoms with van der Waals surface area (Å²) in [7, 11) is 0. The molecule has 10 heteroatoms. The molecule has 4 N–H and O–H groups in total. The smallest absolute Gasteiger partial charge is 0.243 e. The summed E-state index contributed by atoms with van der Waals surface area (Å²) >= 11 is 0. The van der Waals surface area contributed by atoms with Gasteiger partial charge in [-0.25, -0.2) is 8.78 Å². The highest BCUT2D eigenvalue weighted by Crippen LogP contribution is 2.35. The van der Waals surface area contributed by atoms with Crippen molar-refractivity contribution >= 4 is 17.7 Å². The predicted molar refractivity (Wildman–Crippen MR) is 155 cm³/mol. The highest BCUT2D eigenvalue weighted by Gasteiger charge is 2.44. The van der Waals surface area contributed by atoms with Crippen LogP contribution in [0.25, 0.3) is 0 Å². The molecule has 2 saturated carbocycles. The van der Waals surface area contributed by atoms with Crippen LogP contribution in [-0.4, -0.2) is 78.4 Å². The minimum atomic E-state index is -1.14. The lowest BCUT2D eigenvalue weighted by Gasteiger charge is -2.36. The van der Waals surface area contributed by atoms with E-state index < -0.39 is 18.4 Å². The molecule has 2 heterocycles. The highest BCUT2D eigenvalue weighted by atomic mass is 19.1. The van der Waals surface area contributed by atoms with Crippen LogP contribution in [0, 0.1) is 17.8 Å². The van der Waals surface area contributed by atoms with Gasteiger partial charge in [-0.1, -0.05) is 27.2 Å². The maximum absolute atomic E-state index is 14.7. The summed E-state index contributed by atoms with van der Waals surface area (Å²) in [6.07, 6.45) is 6.29. The van der Waals surface area contributed by atoms with Gasteiger partial charge in [-0.3, -0.25) is 19.7 Å². The molecule has 0 spiro atoms. The molecule has 2 saturated heterocycles. The Morgan fingerprint density at radius 2 is 1.80 bits per heavy atom. The molecule has 4 aliphatic rings. The van der Waals surface area contributed by atoms with Gasteiger partial charge in [0.1, 0.15) is 18.4 Å². The summed E-state index contributed by atoms with van der Waals surface area (Å²) in [5.74, 6) is -0.313. The van der Waals surface area contributed by atoms with E-state index in [0.717, 1.165) is 51.4 Å². The van der Waals surface area contributed by atoms with Crippen molar-refractivity contribution in [3.8, 4) is 0 Å². The second kappa shape index (κ2) is 15.1. The summed E-state index contributed by atoms with van der Waals surface area (Å²) in [5, 5.41) is 13.2. The second-order valence-corrected chi connectivity index (χ2v) is 13.4. The number of hydrogen-bond acceptors (Lipinski definition) is 5. The maximum Gasteiger partial charge on any atom is 0.243 e. The number of carbonyl (C=O) groups is 3. The number of hydrogen-bond donors (Lipinski definition) is 4. The molecule has 4 fully saturated rings. The van der Waals surface area contributed by atoms with Gasteiger partial charge >= 0.3 is 0 Å². The monoisotopic (exact) mass is 581 g/mol. The van der Waals surface area contributed by atoms with E-state index in [1.807, 2.05) is 4.90 Å². The molecule has 8 nitrogen and oxygen atoms in total. The molecule has 0 bridgehead atoms. The predicted octanol–water partition coefficient (Wildman–Crippen LogP) is 3.74. The number of alkyl halides is 2. The van der Waals surface area contributed by atoms with E-state index in [-0.39, 0.29) is 66.7 Å². The van der Waals surface area contributed by atoms with Crippen molar-refractivity contribution in [2.24, 2.45) is 17.8 Å². The van der Waals surface area contributed by atoms with Gasteiger partial charge in [-0.15, -0.1) is 0 Å². The van der Waals surface area contributed by atoms with Crippen LogP contribution in [-0.2, 0) is 14.4 Å². The molecule has 9 atom stereocenters. The number of halogens is 2. The van der Waals surface area contributed by atoms with Crippen molar-refractivity contribution in [2.45, 2.75) is 147 Å². The lowest BCUT2D eigenvalue weighted by Crippen LogP contribution is -2.55. The SMILES string of the molecule is CC[C@H]1CCCCN1C(=O)C[C@H](NC(=O)CCC(C)C)C(=O)N[C@H]1CCC[C@H]1C1NCC(C2CCC(F)CC2F)N1. The van der Waals surface area contributed by atoms with E-state index in [2.05, 4.69) is 42.0 Å². The van der Waals surface area contributed by atoms with Crippen LogP contribution in [0.5, 0.6) is 0 Å². The first-order valence-electron chi connectivity index (χ1n) is 16.3. The minimum absolute atomic E-state index is 0.0188. The van der Waals surface area contributed by atoms with Gasteiger partial charge in [-0.2, -0.15) is 0 Å². The Morgan fingerprint density at radius 3 is 2.54 bits per heavy atom. The Kier molecular flexibility index (Phi) is 11.8. The number of nitrogens with zero attached hydrogens (tertiary/aromatic N) is 1. The lowest BCUT2D eigenvalue weighted by molar-refractivity contribution is -0.139. The van der Waals surface area contributed by atoms with E-state index in [0.29, 0.717) is 38.3 Å². The van der Waals surface area contributed by atoms with Crippen molar-refractivity contribution < 1.29 is 23.2 Å². The maximum atomic E-state index is 14.7. The molecule has 2 aliphatic carbocycles. The molecule has 2 aliphatic heterocycles. The molecule has 234 valence electrons. The van der Waals surface area contributed by atoms with Crippen molar-refractivity contribution in [1.29, 1.82) is 0 Å². The van der Waals surface area contributed by atoms with Crippen LogP contribution in [0.4, 0.5) is 8.78 Å². The summed E-state index contributed by atoms with van der Waals surface area (Å²) in [4.78, 5) is 41.8. The summed E-state index contributed by atoms with van der Waals surface area (Å²) in [6.45, 7) is 7.52. The minimum Gasteiger partial charge on any atom is -0.351 e. The fraction of sp³-hybridized carbons (Fsp3) is 0.903. The summed E-state index contributed by atoms with van der Waals surface area (Å²) in [6, 6.07) is -0.894. The van der Waals surface area contributed by atoms with Crippen molar-refractivity contribution in [3.05, 3.63) is 0 Å². The van der Waals surface area contributed by atoms with E-state index in [1.165, 1.54) is 0 Å². The number of rotatable bonds is 11. The third kappa shape index (κ3) is 8.62. The van der Waals surface area contributed by atoms with Gasteiger partial charge in [0.05, 0.1) is 12.6 Å². The van der Waals surface area contributed by atoms with Gasteiger partial charge in [-0.05, 0) is 63.7 Å². The third-order valence-electron chi connectivity index (χ3n) is 9.95. The van der Waals surface area contributed by atoms with Crippen LogP contribution in [0.1, 0.15) is 104 Å². The number of carbonyl (C=O) groups excluding carboxylic acids is 3. The van der Waals surface area contributed by atoms with Crippen molar-refractivity contribution in [1.82, 2.24) is 26.2 Å². The first-order chi connectivity index (χ1) is 19.7. The van der Waals surface area contributed by atoms with Gasteiger partial charge in [0, 0.05) is 55.9 Å². The molecule has 0 aromatic heterocycles. The fourth-order valence-corrected chi connectivity index (χ4v) is 7.49. The second-order valence-electron chi connectivity index (χ2n) is 13.4. The summed E-state index contributed by atoms with van der Waals surface area (Å²) in [5.41, 5.74) is 0. The molecule has 4 rings (SSSR count). The quantitative estimate of drug-likeness (QED) is 0.298. The van der Waals surface area contributed by atoms with Crippen molar-refractivity contribution in [2.75, 3.05) is 13.1 Å². The molecule has 0 aromatic rings. The van der Waals surface area contributed by atoms with E-state index in [1.54, 1.807) is 0 Å². The van der Waals surface area contributed by atoms with Gasteiger partial charge in [0.25, 0.3) is 0 Å². The normalized spacial score (nSPS) is 34.9. The Labute approximate surface area is 244 Å². The molecule has 0 radical (unpaired) electrons. The Balaban J connectivity index is 1.38. The zero-order valence-electron chi connectivity index (χ0n) is 25.3. The van der Waals surface area contributed by atoms with Crippen LogP contribution >= 0.6 is 0 Å². The first kappa shape index (κ1) is 32.1. The zero-order chi connectivity index (χ0) is 29.5. The van der Waals surface area contributed by atoms with Crippen LogP contribution in [0.3, 0.4) is 0 Å². The Hall–Kier alpha value is -1.81. The largest absolute Gasteiger partial charge is 0.351 e. The number of amides is 3. The van der Waals surface area contributed by atoms with Crippen LogP contribution in [0.15, 0.2) is 0 Å². The van der Waals surface area contributed by atoms with Gasteiger partial charge in [0.2, 0.25) is 17.7 Å². The van der Waals surface area contributed by atoms with E-state index in [9.17, 15) is 23.2 Å². The topological polar surface area (TPSA) is 103 Å². The molecule has 5 unspecified atom stereocenters. The summed E-state index contributed by atoms with van der Waals surface area (Å²) < 4.78 is 28.3. The molecule has 41 heavy (non-hydrogen) atoms. The van der Waals surface area contributed by atoms with Crippen molar-refractivity contribution in [3.63, 3.8) is 0 Å². The lowest BCUT2D eigenvalue weighted by atomic mass is 9.81. The first-order valence-corrected chi connectivity index (χ1v) is 16.3. The van der Waals surface area contributed by atoms with Crippen LogP contribution < -0.4 is 21.3 Å². The van der Waals surface area contributed by atoms with Gasteiger partial charge < -0.3 is 20.9 Å². The number of nitrogens with one attached hydrogen (secondary N) is 4. The molecule has 3 amide bonds. The number of likely N-dealkylation sites (tertiary alicyclic amines) is 1. The average Bonchev–Trinajstić information content (AvgIpc) is 3.61. The zero-order valence-corrected chi connectivity index (χ0v) is 25.3. The standard InChI is InChI=1S/C31H53F2N5O3/c1-4-21-8-5-6-15-38(21)29(40)17-26(35-28(39)14-11-19(2)3)31(41)37-25-10-7-9-23(25)30-34-18-27(36-30)22-13-12-20(32)16-24(22)33/h19-27,30,34,36H,4-18H2,1-3H3,(H,35,39)(H,37,41)/t20?,21-,22?,23+,24?,25-,26-,27?,30?/m0/s1. The van der Waals surface area contributed by atoms with Gasteiger partial charge in [0.15, 0.2) is 0 Å². The van der Waals surface area contributed by atoms with Crippen LogP contribution in [0.2, 0.25) is 0 Å². The number of piperidine rings is 1. The average molecular weight is 582 g/mol. The van der Waals surface area contributed by atoms with E-state index in [4.69, 9.17) is 0 Å². The molecule has 0 aromatic carbocycles. The third-order valence-corrected chi connectivity index (χ3v) is 9.95. The Bertz CT molecular complexity index is 892. The Morgan fingerprint density at radius 1 is 1.00 bits per heavy atom. The highest BCUT2D eigenvalue weighted by molar-refractivity contribution is 5.92. The van der Waals surface area contributed by atoms with E-state index >= 15 is 0 Å². The fourth-order valence-electron chi connectivity index (χ4n) is 7.49. The molecular weight excluding hydrogens is 528 g/mol.